The topological polar surface area (TPSA) is 172 Å². The van der Waals surface area contributed by atoms with Crippen LogP contribution in [0, 0.1) is 13.8 Å². The van der Waals surface area contributed by atoms with Crippen molar-refractivity contribution in [3.8, 4) is 5.75 Å². The van der Waals surface area contributed by atoms with E-state index in [0.29, 0.717) is 5.75 Å². The number of hydrogen-bond acceptors (Lipinski definition) is 8. The zero-order valence-corrected chi connectivity index (χ0v) is 22.1. The van der Waals surface area contributed by atoms with Gasteiger partial charge in [-0.05, 0) is 42.7 Å². The molecule has 2 heterocycles. The van der Waals surface area contributed by atoms with Crippen LogP contribution in [0.2, 0.25) is 0 Å². The number of hydrogen-bond donors (Lipinski definition) is 5. The minimum atomic E-state index is -1.70. The van der Waals surface area contributed by atoms with E-state index in [2.05, 4.69) is 10.6 Å². The van der Waals surface area contributed by atoms with E-state index in [1.807, 2.05) is 43.1 Å². The number of nitrogens with one attached hydrogen (secondary N) is 3. The minimum Gasteiger partial charge on any atom is -0.492 e. The Morgan fingerprint density at radius 1 is 1.05 bits per heavy atom. The van der Waals surface area contributed by atoms with Crippen molar-refractivity contribution >= 4 is 11.8 Å². The van der Waals surface area contributed by atoms with E-state index in [4.69, 9.17) is 9.47 Å². The van der Waals surface area contributed by atoms with E-state index < -0.39 is 53.6 Å². The number of aliphatic hydroxyl groups excluding tert-OH is 2. The molecule has 2 aromatic carbocycles. The Labute approximate surface area is 229 Å². The fraction of sp³-hybridized carbons (Fsp3) is 0.357. The van der Waals surface area contributed by atoms with Gasteiger partial charge in [-0.15, -0.1) is 0 Å². The van der Waals surface area contributed by atoms with E-state index in [-0.39, 0.29) is 19.6 Å². The van der Waals surface area contributed by atoms with Crippen LogP contribution in [0.15, 0.2) is 70.4 Å². The van der Waals surface area contributed by atoms with Gasteiger partial charge in [0, 0.05) is 18.7 Å². The van der Waals surface area contributed by atoms with Crippen LogP contribution in [0.5, 0.6) is 5.75 Å². The summed E-state index contributed by atoms with van der Waals surface area (Å²) in [4.78, 5) is 51.8. The molecule has 1 fully saturated rings. The molecule has 1 aliphatic heterocycles. The average molecular weight is 553 g/mol. The van der Waals surface area contributed by atoms with Gasteiger partial charge in [0.05, 0.1) is 6.54 Å². The normalized spacial score (nSPS) is 21.0. The third-order valence-electron chi connectivity index (χ3n) is 6.69. The molecule has 0 spiro atoms. The lowest BCUT2D eigenvalue weighted by Gasteiger charge is -2.22. The van der Waals surface area contributed by atoms with Gasteiger partial charge in [-0.25, -0.2) is 4.79 Å². The van der Waals surface area contributed by atoms with Gasteiger partial charge in [-0.1, -0.05) is 36.4 Å². The monoisotopic (exact) mass is 552 g/mol. The van der Waals surface area contributed by atoms with Crippen molar-refractivity contribution in [2.24, 2.45) is 0 Å². The first kappa shape index (κ1) is 28.7. The van der Waals surface area contributed by atoms with Crippen molar-refractivity contribution in [1.82, 2.24) is 20.2 Å². The molecule has 3 aromatic rings. The van der Waals surface area contributed by atoms with Crippen LogP contribution in [0.4, 0.5) is 0 Å². The maximum absolute atomic E-state index is 13.1. The Hall–Kier alpha value is -4.26. The molecule has 1 saturated heterocycles. The van der Waals surface area contributed by atoms with Crippen molar-refractivity contribution in [1.29, 1.82) is 0 Å². The smallest absolute Gasteiger partial charge is 0.330 e. The van der Waals surface area contributed by atoms with Crippen LogP contribution in [0.25, 0.3) is 0 Å². The second kappa shape index (κ2) is 12.7. The molecule has 40 heavy (non-hydrogen) atoms. The fourth-order valence-corrected chi connectivity index (χ4v) is 4.32. The molecule has 0 radical (unpaired) electrons. The Morgan fingerprint density at radius 3 is 2.50 bits per heavy atom. The minimum absolute atomic E-state index is 0.143. The van der Waals surface area contributed by atoms with Crippen molar-refractivity contribution in [3.63, 3.8) is 0 Å². The number of aromatic amines is 1. The van der Waals surface area contributed by atoms with Crippen LogP contribution in [0.3, 0.4) is 0 Å². The summed E-state index contributed by atoms with van der Waals surface area (Å²) < 4.78 is 12.1. The van der Waals surface area contributed by atoms with E-state index in [1.165, 1.54) is 0 Å². The zero-order valence-electron chi connectivity index (χ0n) is 22.1. The van der Waals surface area contributed by atoms with E-state index >= 15 is 0 Å². The lowest BCUT2D eigenvalue weighted by molar-refractivity contribution is -0.141. The standard InChI is InChI=1S/C28H32N4O8/c1-16-8-9-19(14-17(16)2)39-13-11-29-25(36)20(15-18-6-4-3-5-7-18)30-26(37)24-22(34)23(35)27(40-24)32-12-10-21(33)31-28(32)38/h3-10,12,14,20,22-24,27,34-35H,11,13,15H2,1-2H3,(H,29,36)(H,30,37)(H,31,33,38)/t20-,22+,23-,24+,27-/m1/s1. The summed E-state index contributed by atoms with van der Waals surface area (Å²) in [6.07, 6.45) is -5.13. The summed E-state index contributed by atoms with van der Waals surface area (Å²) in [5, 5.41) is 26.3. The summed E-state index contributed by atoms with van der Waals surface area (Å²) in [7, 11) is 0. The first-order valence-corrected chi connectivity index (χ1v) is 12.8. The predicted octanol–water partition coefficient (Wildman–Crippen LogP) is -0.305. The fourth-order valence-electron chi connectivity index (χ4n) is 4.32. The van der Waals surface area contributed by atoms with Gasteiger partial charge >= 0.3 is 5.69 Å². The Bertz CT molecular complexity index is 1450. The maximum Gasteiger partial charge on any atom is 0.330 e. The van der Waals surface area contributed by atoms with Crippen LogP contribution in [0.1, 0.15) is 22.9 Å². The Balaban J connectivity index is 1.41. The molecule has 2 amide bonds. The molecule has 4 rings (SSSR count). The van der Waals surface area contributed by atoms with Crippen molar-refractivity contribution in [2.45, 2.75) is 50.8 Å². The predicted molar refractivity (Wildman–Crippen MR) is 144 cm³/mol. The summed E-state index contributed by atoms with van der Waals surface area (Å²) >= 11 is 0. The SMILES string of the molecule is Cc1ccc(OCCNC(=O)[C@@H](Cc2ccccc2)NC(=O)[C@H]2O[C@@H](n3ccc(=O)[nH]c3=O)[C@H](O)[C@@H]2O)cc1C. The van der Waals surface area contributed by atoms with Crippen molar-refractivity contribution in [3.05, 3.63) is 98.3 Å². The molecule has 12 nitrogen and oxygen atoms in total. The molecular weight excluding hydrogens is 520 g/mol. The quantitative estimate of drug-likeness (QED) is 0.213. The number of nitrogens with zero attached hydrogens (tertiary/aromatic N) is 1. The van der Waals surface area contributed by atoms with E-state index in [9.17, 15) is 29.4 Å². The highest BCUT2D eigenvalue weighted by molar-refractivity contribution is 5.90. The highest BCUT2D eigenvalue weighted by Gasteiger charge is 2.48. The number of rotatable bonds is 10. The summed E-state index contributed by atoms with van der Waals surface area (Å²) in [6, 6.07) is 14.7. The largest absolute Gasteiger partial charge is 0.492 e. The number of benzene rings is 2. The summed E-state index contributed by atoms with van der Waals surface area (Å²) in [6.45, 7) is 4.35. The average Bonchev–Trinajstić information content (AvgIpc) is 3.22. The van der Waals surface area contributed by atoms with Gasteiger partial charge in [0.1, 0.15) is 30.6 Å². The van der Waals surface area contributed by atoms with Gasteiger partial charge in [0.15, 0.2) is 12.3 Å². The molecule has 0 aliphatic carbocycles. The second-order valence-electron chi connectivity index (χ2n) is 9.58. The van der Waals surface area contributed by atoms with E-state index in [0.717, 1.165) is 33.5 Å². The number of carbonyl (C=O) groups is 2. The summed E-state index contributed by atoms with van der Waals surface area (Å²) in [5.74, 6) is -0.662. The highest BCUT2D eigenvalue weighted by atomic mass is 16.6. The second-order valence-corrected chi connectivity index (χ2v) is 9.58. The molecule has 1 aromatic heterocycles. The number of aromatic nitrogens is 2. The van der Waals surface area contributed by atoms with Crippen LogP contribution in [-0.4, -0.2) is 69.1 Å². The Kier molecular flexibility index (Phi) is 9.15. The van der Waals surface area contributed by atoms with Crippen LogP contribution >= 0.6 is 0 Å². The third kappa shape index (κ3) is 6.84. The zero-order chi connectivity index (χ0) is 28.8. The molecule has 0 bridgehead atoms. The van der Waals surface area contributed by atoms with Gasteiger partial charge in [-0.3, -0.25) is 23.9 Å². The summed E-state index contributed by atoms with van der Waals surface area (Å²) in [5.41, 5.74) is 1.47. The van der Waals surface area contributed by atoms with Gasteiger partial charge in [0.25, 0.3) is 11.5 Å². The maximum atomic E-state index is 13.1. The Morgan fingerprint density at radius 2 is 1.80 bits per heavy atom. The van der Waals surface area contributed by atoms with Crippen molar-refractivity contribution in [2.75, 3.05) is 13.2 Å². The molecule has 5 N–H and O–H groups in total. The molecule has 212 valence electrons. The number of amides is 2. The van der Waals surface area contributed by atoms with Crippen LogP contribution in [-0.2, 0) is 20.7 Å². The first-order chi connectivity index (χ1) is 19.1. The van der Waals surface area contributed by atoms with Crippen molar-refractivity contribution < 1.29 is 29.3 Å². The molecule has 0 unspecified atom stereocenters. The number of ether oxygens (including phenoxy) is 2. The number of carbonyl (C=O) groups excluding carboxylic acids is 2. The highest BCUT2D eigenvalue weighted by Crippen LogP contribution is 2.28. The molecular formula is C28H32N4O8. The number of aryl methyl sites for hydroxylation is 2. The molecule has 5 atom stereocenters. The lowest BCUT2D eigenvalue weighted by Crippen LogP contribution is -2.53. The van der Waals surface area contributed by atoms with Gasteiger partial charge in [0.2, 0.25) is 5.91 Å². The van der Waals surface area contributed by atoms with Gasteiger partial charge in [-0.2, -0.15) is 0 Å². The van der Waals surface area contributed by atoms with E-state index in [1.54, 1.807) is 24.3 Å². The lowest BCUT2D eigenvalue weighted by atomic mass is 10.0. The number of aliphatic hydroxyl groups is 2. The first-order valence-electron chi connectivity index (χ1n) is 12.8. The third-order valence-corrected chi connectivity index (χ3v) is 6.69. The molecule has 0 saturated carbocycles. The number of H-pyrrole nitrogens is 1. The molecule has 1 aliphatic rings. The van der Waals surface area contributed by atoms with Crippen LogP contribution < -0.4 is 26.6 Å². The molecule has 12 heteroatoms. The van der Waals surface area contributed by atoms with Gasteiger partial charge < -0.3 is 30.3 Å².